The molecule has 156 valence electrons. The van der Waals surface area contributed by atoms with E-state index in [1.807, 2.05) is 30.5 Å². The lowest BCUT2D eigenvalue weighted by Gasteiger charge is -2.16. The molecule has 0 N–H and O–H groups in total. The number of hydrogen-bond acceptors (Lipinski definition) is 8. The highest BCUT2D eigenvalue weighted by Crippen LogP contribution is 2.39. The Morgan fingerprint density at radius 1 is 1.13 bits per heavy atom. The Morgan fingerprint density at radius 3 is 2.73 bits per heavy atom. The summed E-state index contributed by atoms with van der Waals surface area (Å²) in [5, 5.41) is 4.13. The third-order valence-electron chi connectivity index (χ3n) is 5.14. The first kappa shape index (κ1) is 20.1. The number of aromatic nitrogens is 4. The van der Waals surface area contributed by atoms with Gasteiger partial charge in [-0.1, -0.05) is 11.2 Å². The molecule has 3 aromatic heterocycles. The highest BCUT2D eigenvalue weighted by atomic mass is 16.5. The van der Waals surface area contributed by atoms with E-state index in [4.69, 9.17) is 14.0 Å². The minimum absolute atomic E-state index is 0.00682. The Labute approximate surface area is 174 Å². The van der Waals surface area contributed by atoms with Crippen molar-refractivity contribution in [1.82, 2.24) is 25.0 Å². The molecule has 0 radical (unpaired) electrons. The second-order valence-electron chi connectivity index (χ2n) is 7.04. The zero-order valence-corrected chi connectivity index (χ0v) is 16.7. The van der Waals surface area contributed by atoms with Gasteiger partial charge in [-0.3, -0.25) is 14.8 Å². The van der Waals surface area contributed by atoms with Gasteiger partial charge >= 0.3 is 0 Å². The molecule has 30 heavy (non-hydrogen) atoms. The van der Waals surface area contributed by atoms with E-state index in [1.165, 1.54) is 0 Å². The SMILES string of the molecule is COCCOCC(=O)N1CC(c2cccnc2)C(c2nc(-c3ccncc3)no2)C1. The standard InChI is InChI=1S/C21H23N5O4/c1-28-9-10-29-14-19(27)26-12-17(16-3-2-6-23-11-16)18(13-26)21-24-20(25-30-21)15-4-7-22-8-5-15/h2-8,11,17-18H,9-10,12-14H2,1H3. The number of carbonyl (C=O) groups excluding carboxylic acids is 1. The van der Waals surface area contributed by atoms with Crippen LogP contribution in [0, 0.1) is 0 Å². The lowest BCUT2D eigenvalue weighted by atomic mass is 9.90. The van der Waals surface area contributed by atoms with E-state index in [-0.39, 0.29) is 24.3 Å². The molecule has 4 heterocycles. The second kappa shape index (κ2) is 9.55. The van der Waals surface area contributed by atoms with Gasteiger partial charge in [0.2, 0.25) is 17.6 Å². The van der Waals surface area contributed by atoms with Crippen LogP contribution in [0.1, 0.15) is 23.3 Å². The van der Waals surface area contributed by atoms with E-state index in [1.54, 1.807) is 30.6 Å². The lowest BCUT2D eigenvalue weighted by Crippen LogP contribution is -2.32. The molecule has 0 bridgehead atoms. The summed E-state index contributed by atoms with van der Waals surface area (Å²) in [4.78, 5) is 27.3. The van der Waals surface area contributed by atoms with Crippen LogP contribution < -0.4 is 0 Å². The van der Waals surface area contributed by atoms with E-state index in [0.29, 0.717) is 38.0 Å². The summed E-state index contributed by atoms with van der Waals surface area (Å²) in [7, 11) is 1.60. The number of carbonyl (C=O) groups is 1. The van der Waals surface area contributed by atoms with Gasteiger partial charge in [0.25, 0.3) is 0 Å². The first-order chi connectivity index (χ1) is 14.8. The number of methoxy groups -OCH3 is 1. The molecule has 0 saturated carbocycles. The van der Waals surface area contributed by atoms with Crippen LogP contribution in [0.25, 0.3) is 11.4 Å². The molecule has 2 atom stereocenters. The van der Waals surface area contributed by atoms with Gasteiger partial charge in [0, 0.05) is 56.5 Å². The Kier molecular flexibility index (Phi) is 6.41. The van der Waals surface area contributed by atoms with E-state index < -0.39 is 0 Å². The van der Waals surface area contributed by atoms with Gasteiger partial charge in [-0.05, 0) is 23.8 Å². The summed E-state index contributed by atoms with van der Waals surface area (Å²) in [6.45, 7) is 1.86. The minimum atomic E-state index is -0.125. The van der Waals surface area contributed by atoms with Crippen LogP contribution in [-0.4, -0.2) is 70.9 Å². The quantitative estimate of drug-likeness (QED) is 0.520. The third-order valence-corrected chi connectivity index (χ3v) is 5.14. The van der Waals surface area contributed by atoms with Crippen molar-refractivity contribution in [3.8, 4) is 11.4 Å². The number of amides is 1. The highest BCUT2D eigenvalue weighted by molar-refractivity contribution is 5.78. The number of likely N-dealkylation sites (tertiary alicyclic amines) is 1. The lowest BCUT2D eigenvalue weighted by molar-refractivity contribution is -0.135. The van der Waals surface area contributed by atoms with Gasteiger partial charge in [-0.2, -0.15) is 4.98 Å². The summed E-state index contributed by atoms with van der Waals surface area (Å²) >= 11 is 0. The molecule has 1 aliphatic heterocycles. The van der Waals surface area contributed by atoms with Crippen LogP contribution in [0.4, 0.5) is 0 Å². The molecule has 1 aliphatic rings. The molecule has 0 spiro atoms. The number of pyridine rings is 2. The number of rotatable bonds is 8. The topological polar surface area (TPSA) is 103 Å². The van der Waals surface area contributed by atoms with Crippen molar-refractivity contribution >= 4 is 5.91 Å². The third kappa shape index (κ3) is 4.52. The molecular formula is C21H23N5O4. The Morgan fingerprint density at radius 2 is 1.97 bits per heavy atom. The van der Waals surface area contributed by atoms with E-state index in [9.17, 15) is 4.79 Å². The molecule has 1 fully saturated rings. The van der Waals surface area contributed by atoms with Gasteiger partial charge in [0.05, 0.1) is 19.1 Å². The largest absolute Gasteiger partial charge is 0.382 e. The van der Waals surface area contributed by atoms with Crippen LogP contribution in [-0.2, 0) is 14.3 Å². The Bertz CT molecular complexity index is 950. The maximum Gasteiger partial charge on any atom is 0.248 e. The Hall–Kier alpha value is -3.17. The van der Waals surface area contributed by atoms with E-state index >= 15 is 0 Å². The van der Waals surface area contributed by atoms with Crippen molar-refractivity contribution in [2.24, 2.45) is 0 Å². The molecule has 2 unspecified atom stereocenters. The molecule has 9 heteroatoms. The predicted octanol–water partition coefficient (Wildman–Crippen LogP) is 1.90. The molecular weight excluding hydrogens is 386 g/mol. The van der Waals surface area contributed by atoms with Crippen molar-refractivity contribution in [2.75, 3.05) is 40.0 Å². The average Bonchev–Trinajstić information content (AvgIpc) is 3.45. The summed E-state index contributed by atoms with van der Waals surface area (Å²) < 4.78 is 16.0. The monoisotopic (exact) mass is 409 g/mol. The number of nitrogens with zero attached hydrogens (tertiary/aromatic N) is 5. The van der Waals surface area contributed by atoms with Crippen molar-refractivity contribution in [2.45, 2.75) is 11.8 Å². The maximum atomic E-state index is 12.7. The van der Waals surface area contributed by atoms with Crippen LogP contribution >= 0.6 is 0 Å². The van der Waals surface area contributed by atoms with Crippen molar-refractivity contribution < 1.29 is 18.8 Å². The zero-order chi connectivity index (χ0) is 20.8. The number of ether oxygens (including phenoxy) is 2. The second-order valence-corrected chi connectivity index (χ2v) is 7.04. The fourth-order valence-electron chi connectivity index (χ4n) is 3.59. The van der Waals surface area contributed by atoms with Gasteiger partial charge in [0.1, 0.15) is 6.61 Å². The molecule has 3 aromatic rings. The van der Waals surface area contributed by atoms with Crippen LogP contribution in [0.3, 0.4) is 0 Å². The fourth-order valence-corrected chi connectivity index (χ4v) is 3.59. The highest BCUT2D eigenvalue weighted by Gasteiger charge is 2.40. The normalized spacial score (nSPS) is 18.6. The van der Waals surface area contributed by atoms with Gasteiger partial charge in [-0.25, -0.2) is 0 Å². The molecule has 4 rings (SSSR count). The summed E-state index contributed by atoms with van der Waals surface area (Å²) in [5.41, 5.74) is 1.86. The van der Waals surface area contributed by atoms with Crippen LogP contribution in [0.2, 0.25) is 0 Å². The van der Waals surface area contributed by atoms with E-state index in [2.05, 4.69) is 20.1 Å². The molecule has 1 saturated heterocycles. The van der Waals surface area contributed by atoms with Gasteiger partial charge < -0.3 is 18.9 Å². The summed E-state index contributed by atoms with van der Waals surface area (Å²) in [6.07, 6.45) is 6.92. The molecule has 0 aromatic carbocycles. The minimum Gasteiger partial charge on any atom is -0.382 e. The van der Waals surface area contributed by atoms with Crippen LogP contribution in [0.5, 0.6) is 0 Å². The molecule has 1 amide bonds. The molecule has 0 aliphatic carbocycles. The van der Waals surface area contributed by atoms with Gasteiger partial charge in [-0.15, -0.1) is 0 Å². The van der Waals surface area contributed by atoms with Crippen LogP contribution in [0.15, 0.2) is 53.6 Å². The predicted molar refractivity (Wildman–Crippen MR) is 107 cm³/mol. The summed E-state index contributed by atoms with van der Waals surface area (Å²) in [6, 6.07) is 7.55. The summed E-state index contributed by atoms with van der Waals surface area (Å²) in [5.74, 6) is 0.820. The first-order valence-corrected chi connectivity index (χ1v) is 9.74. The first-order valence-electron chi connectivity index (χ1n) is 9.74. The zero-order valence-electron chi connectivity index (χ0n) is 16.7. The number of hydrogen-bond donors (Lipinski definition) is 0. The smallest absolute Gasteiger partial charge is 0.248 e. The van der Waals surface area contributed by atoms with Crippen molar-refractivity contribution in [3.63, 3.8) is 0 Å². The van der Waals surface area contributed by atoms with Crippen molar-refractivity contribution in [3.05, 3.63) is 60.5 Å². The van der Waals surface area contributed by atoms with Gasteiger partial charge in [0.15, 0.2) is 0 Å². The maximum absolute atomic E-state index is 12.7. The van der Waals surface area contributed by atoms with E-state index in [0.717, 1.165) is 11.1 Å². The van der Waals surface area contributed by atoms with Crippen molar-refractivity contribution in [1.29, 1.82) is 0 Å². The Balaban J connectivity index is 1.54. The molecule has 9 nitrogen and oxygen atoms in total. The fraction of sp³-hybridized carbons (Fsp3) is 0.381. The average molecular weight is 409 g/mol.